The van der Waals surface area contributed by atoms with Crippen molar-refractivity contribution >= 4 is 27.0 Å². The average molecular weight is 460 g/mol. The Morgan fingerprint density at radius 1 is 1.22 bits per heavy atom. The Balaban J connectivity index is 1.50. The van der Waals surface area contributed by atoms with E-state index in [-0.39, 0.29) is 16.8 Å². The second kappa shape index (κ2) is 9.70. The SMILES string of the molecule is CC(C)n1nnc2cc(S(=O)(=O)N3CCCCC3C(=O)NCCC3=CCCCC3)ccc21. The molecule has 1 unspecified atom stereocenters. The molecule has 0 radical (unpaired) electrons. The van der Waals surface area contributed by atoms with E-state index in [0.29, 0.717) is 25.0 Å². The summed E-state index contributed by atoms with van der Waals surface area (Å²) in [6, 6.07) is 4.37. The van der Waals surface area contributed by atoms with Gasteiger partial charge in [-0.1, -0.05) is 23.3 Å². The van der Waals surface area contributed by atoms with Crippen LogP contribution in [-0.4, -0.2) is 52.8 Å². The average Bonchev–Trinajstić information content (AvgIpc) is 3.23. The van der Waals surface area contributed by atoms with Crippen molar-refractivity contribution in [3.63, 3.8) is 0 Å². The van der Waals surface area contributed by atoms with Crippen LogP contribution >= 0.6 is 0 Å². The number of carbonyl (C=O) groups excluding carboxylic acids is 1. The fourth-order valence-electron chi connectivity index (χ4n) is 4.65. The second-order valence-electron chi connectivity index (χ2n) is 9.05. The summed E-state index contributed by atoms with van der Waals surface area (Å²) < 4.78 is 30.1. The third-order valence-corrected chi connectivity index (χ3v) is 8.33. The normalized spacial score (nSPS) is 20.5. The van der Waals surface area contributed by atoms with E-state index >= 15 is 0 Å². The van der Waals surface area contributed by atoms with Gasteiger partial charge in [-0.25, -0.2) is 13.1 Å². The number of amides is 1. The lowest BCUT2D eigenvalue weighted by atomic mass is 9.97. The Bertz CT molecular complexity index is 1110. The van der Waals surface area contributed by atoms with Crippen molar-refractivity contribution < 1.29 is 13.2 Å². The zero-order valence-corrected chi connectivity index (χ0v) is 19.8. The van der Waals surface area contributed by atoms with E-state index in [9.17, 15) is 13.2 Å². The quantitative estimate of drug-likeness (QED) is 0.639. The number of aromatic nitrogens is 3. The van der Waals surface area contributed by atoms with Gasteiger partial charge >= 0.3 is 0 Å². The molecule has 1 saturated heterocycles. The Kier molecular flexibility index (Phi) is 6.95. The summed E-state index contributed by atoms with van der Waals surface area (Å²) in [6.07, 6.45) is 9.93. The molecule has 2 aliphatic rings. The molecule has 1 fully saturated rings. The summed E-state index contributed by atoms with van der Waals surface area (Å²) in [6.45, 7) is 4.91. The van der Waals surface area contributed by atoms with Crippen LogP contribution in [0.3, 0.4) is 0 Å². The van der Waals surface area contributed by atoms with Crippen molar-refractivity contribution in [1.29, 1.82) is 0 Å². The van der Waals surface area contributed by atoms with Crippen LogP contribution in [0.5, 0.6) is 0 Å². The van der Waals surface area contributed by atoms with Gasteiger partial charge < -0.3 is 5.32 Å². The Hall–Kier alpha value is -2.26. The molecule has 1 aliphatic carbocycles. The lowest BCUT2D eigenvalue weighted by Crippen LogP contribution is -2.51. The van der Waals surface area contributed by atoms with Crippen molar-refractivity contribution in [3.05, 3.63) is 29.8 Å². The Morgan fingerprint density at radius 2 is 2.06 bits per heavy atom. The summed E-state index contributed by atoms with van der Waals surface area (Å²) in [4.78, 5) is 13.1. The number of hydrogen-bond donors (Lipinski definition) is 1. The summed E-state index contributed by atoms with van der Waals surface area (Å²) >= 11 is 0. The number of hydrogen-bond acceptors (Lipinski definition) is 5. The third kappa shape index (κ3) is 4.73. The zero-order valence-electron chi connectivity index (χ0n) is 19.0. The van der Waals surface area contributed by atoms with Crippen LogP contribution in [-0.2, 0) is 14.8 Å². The van der Waals surface area contributed by atoms with Gasteiger partial charge in [0.05, 0.1) is 10.4 Å². The zero-order chi connectivity index (χ0) is 22.7. The van der Waals surface area contributed by atoms with Crippen molar-refractivity contribution in [2.75, 3.05) is 13.1 Å². The highest BCUT2D eigenvalue weighted by Gasteiger charge is 2.37. The van der Waals surface area contributed by atoms with Gasteiger partial charge in [0.25, 0.3) is 0 Å². The second-order valence-corrected chi connectivity index (χ2v) is 10.9. The standard InChI is InChI=1S/C23H33N5O3S/c1-17(2)28-21-12-11-19(16-20(21)25-26-28)32(30,31)27-15-7-6-10-22(27)23(29)24-14-13-18-8-4-3-5-9-18/h8,11-12,16-17,22H,3-7,9-10,13-15H2,1-2H3,(H,24,29). The molecule has 9 heteroatoms. The Morgan fingerprint density at radius 3 is 2.81 bits per heavy atom. The predicted molar refractivity (Wildman–Crippen MR) is 124 cm³/mol. The smallest absolute Gasteiger partial charge is 0.243 e. The van der Waals surface area contributed by atoms with Crippen molar-refractivity contribution in [1.82, 2.24) is 24.6 Å². The first-order valence-electron chi connectivity index (χ1n) is 11.7. The van der Waals surface area contributed by atoms with Crippen molar-refractivity contribution in [2.45, 2.75) is 82.2 Å². The topological polar surface area (TPSA) is 97.2 Å². The number of fused-ring (bicyclic) bond motifs is 1. The van der Waals surface area contributed by atoms with E-state index in [1.807, 2.05) is 13.8 Å². The van der Waals surface area contributed by atoms with Gasteiger partial charge in [0, 0.05) is 19.1 Å². The van der Waals surface area contributed by atoms with E-state index in [0.717, 1.165) is 37.6 Å². The maximum Gasteiger partial charge on any atom is 0.243 e. The number of rotatable bonds is 7. The summed E-state index contributed by atoms with van der Waals surface area (Å²) in [5, 5.41) is 11.3. The highest BCUT2D eigenvalue weighted by molar-refractivity contribution is 7.89. The van der Waals surface area contributed by atoms with Gasteiger partial charge in [-0.2, -0.15) is 4.31 Å². The Labute approximate surface area is 190 Å². The van der Waals surface area contributed by atoms with Crippen LogP contribution in [0.25, 0.3) is 11.0 Å². The van der Waals surface area contributed by atoms with Crippen LogP contribution in [0, 0.1) is 0 Å². The van der Waals surface area contributed by atoms with E-state index in [1.165, 1.54) is 22.7 Å². The molecule has 1 N–H and O–H groups in total. The molecule has 1 aromatic heterocycles. The molecule has 2 aromatic rings. The minimum absolute atomic E-state index is 0.127. The molecular formula is C23H33N5O3S. The summed E-state index contributed by atoms with van der Waals surface area (Å²) in [7, 11) is -3.82. The van der Waals surface area contributed by atoms with Gasteiger partial charge in [-0.05, 0) is 77.0 Å². The first-order chi connectivity index (χ1) is 15.4. The highest BCUT2D eigenvalue weighted by Crippen LogP contribution is 2.28. The molecule has 32 heavy (non-hydrogen) atoms. The molecule has 1 amide bonds. The van der Waals surface area contributed by atoms with Gasteiger partial charge in [0.2, 0.25) is 15.9 Å². The van der Waals surface area contributed by atoms with Crippen molar-refractivity contribution in [2.24, 2.45) is 0 Å². The number of piperidine rings is 1. The van der Waals surface area contributed by atoms with Crippen molar-refractivity contribution in [3.8, 4) is 0 Å². The monoisotopic (exact) mass is 459 g/mol. The first-order valence-corrected chi connectivity index (χ1v) is 13.1. The molecule has 1 aromatic carbocycles. The molecular weight excluding hydrogens is 426 g/mol. The number of benzene rings is 1. The molecule has 1 aliphatic heterocycles. The number of sulfonamides is 1. The maximum absolute atomic E-state index is 13.5. The van der Waals surface area contributed by atoms with E-state index in [4.69, 9.17) is 0 Å². The van der Waals surface area contributed by atoms with Crippen LogP contribution in [0.15, 0.2) is 34.7 Å². The fraction of sp³-hybridized carbons (Fsp3) is 0.609. The van der Waals surface area contributed by atoms with Gasteiger partial charge in [-0.15, -0.1) is 5.10 Å². The number of nitrogens with zero attached hydrogens (tertiary/aromatic N) is 4. The molecule has 0 bridgehead atoms. The number of carbonyl (C=O) groups is 1. The van der Waals surface area contributed by atoms with Gasteiger partial charge in [0.1, 0.15) is 11.6 Å². The van der Waals surface area contributed by atoms with E-state index < -0.39 is 16.1 Å². The highest BCUT2D eigenvalue weighted by atomic mass is 32.2. The minimum atomic E-state index is -3.82. The number of nitrogens with one attached hydrogen (secondary N) is 1. The maximum atomic E-state index is 13.5. The lowest BCUT2D eigenvalue weighted by molar-refractivity contribution is -0.125. The molecule has 4 rings (SSSR count). The molecule has 174 valence electrons. The molecule has 0 saturated carbocycles. The lowest BCUT2D eigenvalue weighted by Gasteiger charge is -2.33. The van der Waals surface area contributed by atoms with Crippen LogP contribution in [0.1, 0.15) is 71.3 Å². The molecule has 8 nitrogen and oxygen atoms in total. The fourth-order valence-corrected chi connectivity index (χ4v) is 6.33. The summed E-state index contributed by atoms with van der Waals surface area (Å²) in [5.41, 5.74) is 2.73. The minimum Gasteiger partial charge on any atom is -0.354 e. The molecule has 2 heterocycles. The van der Waals surface area contributed by atoms with Gasteiger partial charge in [-0.3, -0.25) is 4.79 Å². The largest absolute Gasteiger partial charge is 0.354 e. The molecule has 0 spiro atoms. The van der Waals surface area contributed by atoms with Crippen LogP contribution < -0.4 is 5.32 Å². The third-order valence-electron chi connectivity index (χ3n) is 6.42. The number of allylic oxidation sites excluding steroid dienone is 1. The van der Waals surface area contributed by atoms with Crippen LogP contribution in [0.2, 0.25) is 0 Å². The van der Waals surface area contributed by atoms with Crippen LogP contribution in [0.4, 0.5) is 0 Å². The summed E-state index contributed by atoms with van der Waals surface area (Å²) in [5.74, 6) is -0.198. The van der Waals surface area contributed by atoms with E-state index in [1.54, 1.807) is 22.9 Å². The predicted octanol–water partition coefficient (Wildman–Crippen LogP) is 3.56. The first kappa shape index (κ1) is 22.9. The van der Waals surface area contributed by atoms with E-state index in [2.05, 4.69) is 21.7 Å². The van der Waals surface area contributed by atoms with Gasteiger partial charge in [0.15, 0.2) is 0 Å². The molecule has 1 atom stereocenters.